The second-order valence-corrected chi connectivity index (χ2v) is 5.80. The Balaban J connectivity index is 1.68. The summed E-state index contributed by atoms with van der Waals surface area (Å²) in [6.45, 7) is 3.77. The summed E-state index contributed by atoms with van der Waals surface area (Å²) in [5.74, 6) is 0.632. The molecule has 6 heteroatoms. The fourth-order valence-electron chi connectivity index (χ4n) is 2.58. The number of nitrogens with one attached hydrogen (secondary N) is 1. The standard InChI is InChI=1S/C19H19N3O3/c1-12-6-3-4-9-16(12)17(23)11-20-19(24)15-8-5-7-14(10-15)18-21-13(2)25-22-18/h3-10,17,23H,11H2,1-2H3,(H,20,24). The number of hydrogen-bond donors (Lipinski definition) is 2. The van der Waals surface area contributed by atoms with Crippen LogP contribution >= 0.6 is 0 Å². The van der Waals surface area contributed by atoms with Crippen molar-refractivity contribution in [1.82, 2.24) is 15.5 Å². The molecule has 0 saturated carbocycles. The second kappa shape index (κ2) is 7.27. The smallest absolute Gasteiger partial charge is 0.251 e. The number of amides is 1. The molecule has 1 amide bonds. The molecule has 0 radical (unpaired) electrons. The Morgan fingerprint density at radius 1 is 1.20 bits per heavy atom. The Labute approximate surface area is 145 Å². The molecule has 0 spiro atoms. The van der Waals surface area contributed by atoms with Gasteiger partial charge in [-0.1, -0.05) is 41.6 Å². The summed E-state index contributed by atoms with van der Waals surface area (Å²) < 4.78 is 4.96. The monoisotopic (exact) mass is 337 g/mol. The first-order chi connectivity index (χ1) is 12.0. The number of aliphatic hydroxyl groups is 1. The Bertz CT molecular complexity index is 889. The van der Waals surface area contributed by atoms with Crippen molar-refractivity contribution in [3.05, 3.63) is 71.1 Å². The van der Waals surface area contributed by atoms with Crippen LogP contribution in [-0.4, -0.2) is 27.7 Å². The SMILES string of the molecule is Cc1nc(-c2cccc(C(=O)NCC(O)c3ccccc3C)c2)no1. The molecular formula is C19H19N3O3. The van der Waals surface area contributed by atoms with Crippen LogP contribution in [-0.2, 0) is 0 Å². The molecule has 2 N–H and O–H groups in total. The van der Waals surface area contributed by atoms with E-state index in [1.54, 1.807) is 25.1 Å². The molecule has 3 rings (SSSR count). The number of carbonyl (C=O) groups is 1. The highest BCUT2D eigenvalue weighted by molar-refractivity contribution is 5.95. The van der Waals surface area contributed by atoms with Crippen molar-refractivity contribution in [2.24, 2.45) is 0 Å². The number of aromatic nitrogens is 2. The van der Waals surface area contributed by atoms with Gasteiger partial charge < -0.3 is 14.9 Å². The van der Waals surface area contributed by atoms with E-state index in [0.29, 0.717) is 22.8 Å². The van der Waals surface area contributed by atoms with Gasteiger partial charge in [0.25, 0.3) is 5.91 Å². The van der Waals surface area contributed by atoms with Crippen LogP contribution in [0.5, 0.6) is 0 Å². The highest BCUT2D eigenvalue weighted by Gasteiger charge is 2.14. The quantitative estimate of drug-likeness (QED) is 0.747. The summed E-state index contributed by atoms with van der Waals surface area (Å²) in [4.78, 5) is 16.5. The number of aliphatic hydroxyl groups excluding tert-OH is 1. The minimum absolute atomic E-state index is 0.134. The normalized spacial score (nSPS) is 12.0. The fourth-order valence-corrected chi connectivity index (χ4v) is 2.58. The first-order valence-electron chi connectivity index (χ1n) is 7.97. The zero-order chi connectivity index (χ0) is 17.8. The zero-order valence-corrected chi connectivity index (χ0v) is 14.1. The largest absolute Gasteiger partial charge is 0.387 e. The highest BCUT2D eigenvalue weighted by Crippen LogP contribution is 2.18. The molecule has 25 heavy (non-hydrogen) atoms. The number of hydrogen-bond acceptors (Lipinski definition) is 5. The predicted octanol–water partition coefficient (Wildman–Crippen LogP) is 2.82. The van der Waals surface area contributed by atoms with Gasteiger partial charge in [-0.15, -0.1) is 0 Å². The van der Waals surface area contributed by atoms with Gasteiger partial charge in [-0.25, -0.2) is 0 Å². The zero-order valence-electron chi connectivity index (χ0n) is 14.1. The van der Waals surface area contributed by atoms with Crippen LogP contribution < -0.4 is 5.32 Å². The molecule has 2 aromatic carbocycles. The van der Waals surface area contributed by atoms with E-state index in [9.17, 15) is 9.90 Å². The Morgan fingerprint density at radius 2 is 2.00 bits per heavy atom. The molecule has 0 bridgehead atoms. The third-order valence-electron chi connectivity index (χ3n) is 3.91. The van der Waals surface area contributed by atoms with E-state index in [4.69, 9.17) is 4.52 Å². The predicted molar refractivity (Wildman–Crippen MR) is 92.9 cm³/mol. The highest BCUT2D eigenvalue weighted by atomic mass is 16.5. The van der Waals surface area contributed by atoms with E-state index in [2.05, 4.69) is 15.5 Å². The molecule has 3 aromatic rings. The maximum absolute atomic E-state index is 12.4. The Hall–Kier alpha value is -2.99. The third-order valence-corrected chi connectivity index (χ3v) is 3.91. The lowest BCUT2D eigenvalue weighted by Gasteiger charge is -2.14. The molecule has 1 heterocycles. The van der Waals surface area contributed by atoms with Crippen molar-refractivity contribution in [2.45, 2.75) is 20.0 Å². The molecule has 1 atom stereocenters. The van der Waals surface area contributed by atoms with Gasteiger partial charge >= 0.3 is 0 Å². The number of carbonyl (C=O) groups excluding carboxylic acids is 1. The van der Waals surface area contributed by atoms with Gasteiger partial charge in [-0.05, 0) is 30.2 Å². The van der Waals surface area contributed by atoms with Gasteiger partial charge in [-0.3, -0.25) is 4.79 Å². The lowest BCUT2D eigenvalue weighted by molar-refractivity contribution is 0.0916. The number of benzene rings is 2. The average molecular weight is 337 g/mol. The molecule has 1 unspecified atom stereocenters. The van der Waals surface area contributed by atoms with Crippen LogP contribution in [0.15, 0.2) is 53.1 Å². The molecule has 0 aliphatic heterocycles. The first kappa shape index (κ1) is 16.9. The van der Waals surface area contributed by atoms with E-state index >= 15 is 0 Å². The van der Waals surface area contributed by atoms with Crippen LogP contribution in [0, 0.1) is 13.8 Å². The van der Waals surface area contributed by atoms with Gasteiger partial charge in [-0.2, -0.15) is 4.98 Å². The van der Waals surface area contributed by atoms with Crippen molar-refractivity contribution in [1.29, 1.82) is 0 Å². The molecule has 128 valence electrons. The second-order valence-electron chi connectivity index (χ2n) is 5.80. The number of aryl methyl sites for hydroxylation is 2. The van der Waals surface area contributed by atoms with E-state index < -0.39 is 6.10 Å². The molecule has 6 nitrogen and oxygen atoms in total. The van der Waals surface area contributed by atoms with Crippen LogP contribution in [0.2, 0.25) is 0 Å². The van der Waals surface area contributed by atoms with E-state index in [1.807, 2.05) is 37.3 Å². The minimum Gasteiger partial charge on any atom is -0.387 e. The molecule has 0 fully saturated rings. The van der Waals surface area contributed by atoms with Crippen molar-refractivity contribution in [2.75, 3.05) is 6.54 Å². The molecule has 0 saturated heterocycles. The lowest BCUT2D eigenvalue weighted by atomic mass is 10.0. The van der Waals surface area contributed by atoms with Crippen molar-refractivity contribution in [3.63, 3.8) is 0 Å². The summed E-state index contributed by atoms with van der Waals surface area (Å²) in [5.41, 5.74) is 2.96. The topological polar surface area (TPSA) is 88.2 Å². The van der Waals surface area contributed by atoms with E-state index in [1.165, 1.54) is 0 Å². The molecule has 0 aliphatic rings. The van der Waals surface area contributed by atoms with Crippen LogP contribution in [0.3, 0.4) is 0 Å². The Kier molecular flexibility index (Phi) is 4.90. The van der Waals surface area contributed by atoms with E-state index in [-0.39, 0.29) is 12.5 Å². The van der Waals surface area contributed by atoms with E-state index in [0.717, 1.165) is 11.1 Å². The maximum atomic E-state index is 12.4. The maximum Gasteiger partial charge on any atom is 0.251 e. The van der Waals surface area contributed by atoms with Crippen molar-refractivity contribution >= 4 is 5.91 Å². The number of rotatable bonds is 5. The molecule has 1 aromatic heterocycles. The van der Waals surface area contributed by atoms with Crippen molar-refractivity contribution in [3.8, 4) is 11.4 Å². The lowest BCUT2D eigenvalue weighted by Crippen LogP contribution is -2.28. The van der Waals surface area contributed by atoms with Crippen LogP contribution in [0.25, 0.3) is 11.4 Å². The number of nitrogens with zero attached hydrogens (tertiary/aromatic N) is 2. The summed E-state index contributed by atoms with van der Waals surface area (Å²) >= 11 is 0. The van der Waals surface area contributed by atoms with Crippen molar-refractivity contribution < 1.29 is 14.4 Å². The first-order valence-corrected chi connectivity index (χ1v) is 7.97. The summed E-state index contributed by atoms with van der Waals surface area (Å²) in [6, 6.07) is 14.5. The minimum atomic E-state index is -0.756. The summed E-state index contributed by atoms with van der Waals surface area (Å²) in [7, 11) is 0. The van der Waals surface area contributed by atoms with Gasteiger partial charge in [0, 0.05) is 24.6 Å². The van der Waals surface area contributed by atoms with Crippen LogP contribution in [0.1, 0.15) is 33.5 Å². The summed E-state index contributed by atoms with van der Waals surface area (Å²) in [6.07, 6.45) is -0.756. The third kappa shape index (κ3) is 3.92. The van der Waals surface area contributed by atoms with Crippen LogP contribution in [0.4, 0.5) is 0 Å². The van der Waals surface area contributed by atoms with Gasteiger partial charge in [0.2, 0.25) is 11.7 Å². The molecular weight excluding hydrogens is 318 g/mol. The average Bonchev–Trinajstić information content (AvgIpc) is 3.06. The molecule has 0 aliphatic carbocycles. The Morgan fingerprint density at radius 3 is 2.72 bits per heavy atom. The summed E-state index contributed by atoms with van der Waals surface area (Å²) in [5, 5.41) is 16.9. The van der Waals surface area contributed by atoms with Gasteiger partial charge in [0.15, 0.2) is 0 Å². The fraction of sp³-hybridized carbons (Fsp3) is 0.211. The van der Waals surface area contributed by atoms with Gasteiger partial charge in [0.05, 0.1) is 6.10 Å². The van der Waals surface area contributed by atoms with Gasteiger partial charge in [0.1, 0.15) is 0 Å².